The second-order valence-corrected chi connectivity index (χ2v) is 5.50. The van der Waals surface area contributed by atoms with Crippen LogP contribution in [0.25, 0.3) is 0 Å². The van der Waals surface area contributed by atoms with Gasteiger partial charge in [-0.3, -0.25) is 9.69 Å². The van der Waals surface area contributed by atoms with Crippen molar-refractivity contribution in [3.8, 4) is 5.75 Å². The molecule has 0 bridgehead atoms. The summed E-state index contributed by atoms with van der Waals surface area (Å²) < 4.78 is 5.80. The van der Waals surface area contributed by atoms with E-state index >= 15 is 0 Å². The zero-order chi connectivity index (χ0) is 14.4. The summed E-state index contributed by atoms with van der Waals surface area (Å²) >= 11 is 0. The van der Waals surface area contributed by atoms with Crippen molar-refractivity contribution in [2.75, 3.05) is 26.2 Å². The minimum Gasteiger partial charge on any atom is -0.492 e. The highest BCUT2D eigenvalue weighted by Gasteiger charge is 2.22. The number of carbonyl (C=O) groups is 1. The van der Waals surface area contributed by atoms with Crippen LogP contribution in [-0.2, 0) is 4.79 Å². The molecule has 1 saturated heterocycles. The van der Waals surface area contributed by atoms with Gasteiger partial charge in [0.2, 0.25) is 0 Å². The summed E-state index contributed by atoms with van der Waals surface area (Å²) in [4.78, 5) is 12.9. The van der Waals surface area contributed by atoms with E-state index in [1.54, 1.807) is 0 Å². The lowest BCUT2D eigenvalue weighted by molar-refractivity contribution is -0.137. The summed E-state index contributed by atoms with van der Waals surface area (Å²) in [5.41, 5.74) is 1.16. The molecule has 1 heterocycles. The molecule has 1 aliphatic rings. The van der Waals surface area contributed by atoms with E-state index in [1.165, 1.54) is 0 Å². The largest absolute Gasteiger partial charge is 0.492 e. The van der Waals surface area contributed by atoms with E-state index in [4.69, 9.17) is 9.84 Å². The number of ether oxygens (including phenoxy) is 1. The Kier molecular flexibility index (Phi) is 5.41. The van der Waals surface area contributed by atoms with Crippen molar-refractivity contribution in [1.29, 1.82) is 0 Å². The van der Waals surface area contributed by atoms with E-state index in [-0.39, 0.29) is 6.42 Å². The monoisotopic (exact) mass is 277 g/mol. The summed E-state index contributed by atoms with van der Waals surface area (Å²) in [7, 11) is 0. The Labute approximate surface area is 120 Å². The SMILES string of the molecule is Cc1ccccc1OCCN1CCC(CCC(=O)O)C1. The third kappa shape index (κ3) is 4.53. The Bertz CT molecular complexity index is 447. The summed E-state index contributed by atoms with van der Waals surface area (Å²) in [5, 5.41) is 8.70. The zero-order valence-electron chi connectivity index (χ0n) is 12.0. The topological polar surface area (TPSA) is 49.8 Å². The molecule has 4 heteroatoms. The van der Waals surface area contributed by atoms with Crippen LogP contribution in [0.1, 0.15) is 24.8 Å². The van der Waals surface area contributed by atoms with Crippen LogP contribution in [0.2, 0.25) is 0 Å². The molecular weight excluding hydrogens is 254 g/mol. The fraction of sp³-hybridized carbons (Fsp3) is 0.562. The molecule has 1 fully saturated rings. The molecule has 0 radical (unpaired) electrons. The van der Waals surface area contributed by atoms with Gasteiger partial charge in [0.1, 0.15) is 12.4 Å². The zero-order valence-corrected chi connectivity index (χ0v) is 12.0. The van der Waals surface area contributed by atoms with E-state index in [1.807, 2.05) is 31.2 Å². The van der Waals surface area contributed by atoms with Crippen LogP contribution >= 0.6 is 0 Å². The maximum Gasteiger partial charge on any atom is 0.303 e. The number of nitrogens with zero attached hydrogens (tertiary/aromatic N) is 1. The number of carboxylic acids is 1. The molecule has 1 N–H and O–H groups in total. The first kappa shape index (κ1) is 14.9. The molecule has 1 aromatic carbocycles. The fourth-order valence-electron chi connectivity index (χ4n) is 2.68. The number of aryl methyl sites for hydroxylation is 1. The Morgan fingerprint density at radius 1 is 1.45 bits per heavy atom. The molecule has 0 spiro atoms. The van der Waals surface area contributed by atoms with Gasteiger partial charge in [-0.1, -0.05) is 18.2 Å². The Morgan fingerprint density at radius 3 is 3.00 bits per heavy atom. The van der Waals surface area contributed by atoms with Gasteiger partial charge in [0, 0.05) is 19.5 Å². The molecule has 4 nitrogen and oxygen atoms in total. The van der Waals surface area contributed by atoms with E-state index in [0.29, 0.717) is 12.5 Å². The van der Waals surface area contributed by atoms with Gasteiger partial charge in [-0.15, -0.1) is 0 Å². The summed E-state index contributed by atoms with van der Waals surface area (Å²) in [6, 6.07) is 8.04. The molecule has 20 heavy (non-hydrogen) atoms. The van der Waals surface area contributed by atoms with Crippen molar-refractivity contribution in [2.45, 2.75) is 26.2 Å². The summed E-state index contributed by atoms with van der Waals surface area (Å²) in [6.07, 6.45) is 2.19. The van der Waals surface area contributed by atoms with E-state index < -0.39 is 5.97 Å². The van der Waals surface area contributed by atoms with Crippen molar-refractivity contribution in [3.05, 3.63) is 29.8 Å². The molecule has 1 aromatic rings. The minimum absolute atomic E-state index is 0.290. The lowest BCUT2D eigenvalue weighted by Gasteiger charge is -2.17. The number of likely N-dealkylation sites (tertiary alicyclic amines) is 1. The lowest BCUT2D eigenvalue weighted by atomic mass is 10.0. The number of benzene rings is 1. The first-order chi connectivity index (χ1) is 9.65. The van der Waals surface area contributed by atoms with Crippen molar-refractivity contribution >= 4 is 5.97 Å². The molecular formula is C16H23NO3. The Balaban J connectivity index is 1.66. The van der Waals surface area contributed by atoms with Crippen molar-refractivity contribution in [3.63, 3.8) is 0 Å². The van der Waals surface area contributed by atoms with Crippen LogP contribution < -0.4 is 4.74 Å². The highest BCUT2D eigenvalue weighted by atomic mass is 16.5. The van der Waals surface area contributed by atoms with Gasteiger partial charge < -0.3 is 9.84 Å². The number of rotatable bonds is 7. The third-order valence-electron chi connectivity index (χ3n) is 3.90. The van der Waals surface area contributed by atoms with Crippen LogP contribution in [0.15, 0.2) is 24.3 Å². The number of hydrogen-bond acceptors (Lipinski definition) is 3. The number of para-hydroxylation sites is 1. The maximum atomic E-state index is 10.6. The predicted octanol–water partition coefficient (Wildman–Crippen LogP) is 2.56. The highest BCUT2D eigenvalue weighted by molar-refractivity contribution is 5.66. The van der Waals surface area contributed by atoms with Gasteiger partial charge in [-0.05, 0) is 43.9 Å². The average molecular weight is 277 g/mol. The molecule has 1 unspecified atom stereocenters. The predicted molar refractivity (Wildman–Crippen MR) is 78.1 cm³/mol. The molecule has 0 amide bonds. The highest BCUT2D eigenvalue weighted by Crippen LogP contribution is 2.21. The van der Waals surface area contributed by atoms with Crippen LogP contribution in [0.3, 0.4) is 0 Å². The normalized spacial score (nSPS) is 19.1. The number of carboxylic acid groups (broad SMARTS) is 1. The van der Waals surface area contributed by atoms with Crippen LogP contribution in [0, 0.1) is 12.8 Å². The van der Waals surface area contributed by atoms with Crippen molar-refractivity contribution < 1.29 is 14.6 Å². The average Bonchev–Trinajstić information content (AvgIpc) is 2.87. The summed E-state index contributed by atoms with van der Waals surface area (Å²) in [5.74, 6) is 0.796. The molecule has 0 saturated carbocycles. The number of hydrogen-bond donors (Lipinski definition) is 1. The smallest absolute Gasteiger partial charge is 0.303 e. The first-order valence-corrected chi connectivity index (χ1v) is 7.27. The standard InChI is InChI=1S/C16H23NO3/c1-13-4-2-3-5-15(13)20-11-10-17-9-8-14(12-17)6-7-16(18)19/h2-5,14H,6-12H2,1H3,(H,18,19). The van der Waals surface area contributed by atoms with Crippen LogP contribution in [0.4, 0.5) is 0 Å². The Morgan fingerprint density at radius 2 is 2.25 bits per heavy atom. The summed E-state index contributed by atoms with van der Waals surface area (Å²) in [6.45, 7) is 5.72. The molecule has 0 aliphatic carbocycles. The second-order valence-electron chi connectivity index (χ2n) is 5.50. The van der Waals surface area contributed by atoms with Gasteiger partial charge in [-0.2, -0.15) is 0 Å². The molecule has 0 aromatic heterocycles. The van der Waals surface area contributed by atoms with E-state index in [9.17, 15) is 4.79 Å². The van der Waals surface area contributed by atoms with E-state index in [0.717, 1.165) is 43.8 Å². The lowest BCUT2D eigenvalue weighted by Crippen LogP contribution is -2.26. The molecule has 1 atom stereocenters. The van der Waals surface area contributed by atoms with Gasteiger partial charge in [0.05, 0.1) is 0 Å². The molecule has 110 valence electrons. The van der Waals surface area contributed by atoms with Gasteiger partial charge in [-0.25, -0.2) is 0 Å². The van der Waals surface area contributed by atoms with Crippen molar-refractivity contribution in [1.82, 2.24) is 4.90 Å². The maximum absolute atomic E-state index is 10.6. The molecule has 1 aliphatic heterocycles. The third-order valence-corrected chi connectivity index (χ3v) is 3.90. The fourth-order valence-corrected chi connectivity index (χ4v) is 2.68. The molecule has 2 rings (SSSR count). The van der Waals surface area contributed by atoms with Crippen LogP contribution in [-0.4, -0.2) is 42.2 Å². The second kappa shape index (κ2) is 7.29. The van der Waals surface area contributed by atoms with Gasteiger partial charge in [0.15, 0.2) is 0 Å². The van der Waals surface area contributed by atoms with Crippen LogP contribution in [0.5, 0.6) is 5.75 Å². The minimum atomic E-state index is -0.689. The quantitative estimate of drug-likeness (QED) is 0.832. The Hall–Kier alpha value is -1.55. The van der Waals surface area contributed by atoms with Gasteiger partial charge in [0.25, 0.3) is 0 Å². The first-order valence-electron chi connectivity index (χ1n) is 7.27. The van der Waals surface area contributed by atoms with E-state index in [2.05, 4.69) is 4.90 Å². The number of aliphatic carboxylic acids is 1. The van der Waals surface area contributed by atoms with Crippen molar-refractivity contribution in [2.24, 2.45) is 5.92 Å². The van der Waals surface area contributed by atoms with Gasteiger partial charge >= 0.3 is 5.97 Å².